The van der Waals surface area contributed by atoms with Crippen LogP contribution in [0.4, 0.5) is 0 Å². The summed E-state index contributed by atoms with van der Waals surface area (Å²) < 4.78 is 27.3. The Hall–Kier alpha value is -3.09. The molecule has 26 heavy (non-hydrogen) atoms. The molecule has 0 fully saturated rings. The van der Waals surface area contributed by atoms with Crippen molar-refractivity contribution in [2.24, 2.45) is 0 Å². The molecule has 0 unspecified atom stereocenters. The Morgan fingerprint density at radius 3 is 2.35 bits per heavy atom. The van der Waals surface area contributed by atoms with E-state index in [1.165, 1.54) is 20.3 Å². The average molecular weight is 360 g/mol. The van der Waals surface area contributed by atoms with E-state index in [4.69, 9.17) is 23.7 Å². The van der Waals surface area contributed by atoms with E-state index in [1.807, 2.05) is 0 Å². The quantitative estimate of drug-likeness (QED) is 0.877. The highest BCUT2D eigenvalue weighted by Gasteiger charge is 2.36. The van der Waals surface area contributed by atoms with Crippen LogP contribution in [-0.4, -0.2) is 39.3 Å². The van der Waals surface area contributed by atoms with E-state index in [-0.39, 0.29) is 40.8 Å². The third-order valence-corrected chi connectivity index (χ3v) is 4.30. The lowest BCUT2D eigenvalue weighted by Crippen LogP contribution is -2.22. The van der Waals surface area contributed by atoms with Crippen molar-refractivity contribution in [3.63, 3.8) is 0 Å². The largest absolute Gasteiger partial charge is 0.507 e. The second-order valence-electron chi connectivity index (χ2n) is 5.68. The number of aromatic hydroxyl groups is 1. The first kappa shape index (κ1) is 17.7. The molecule has 0 aliphatic carbocycles. The molecule has 0 radical (unpaired) electrons. The summed E-state index contributed by atoms with van der Waals surface area (Å²) in [5, 5.41) is 10.2. The van der Waals surface area contributed by atoms with Crippen LogP contribution in [0.2, 0.25) is 0 Å². The van der Waals surface area contributed by atoms with Crippen molar-refractivity contribution >= 4 is 5.78 Å². The van der Waals surface area contributed by atoms with Crippen LogP contribution in [0, 0.1) is 0 Å². The number of Topliss-reactive ketones (excluding diaryl/α,β-unsaturated/α-hetero) is 1. The molecule has 3 rings (SSSR count). The highest BCUT2D eigenvalue weighted by molar-refractivity contribution is 6.04. The van der Waals surface area contributed by atoms with Crippen molar-refractivity contribution in [1.82, 2.24) is 0 Å². The number of carbonyl (C=O) groups excluding carboxylic acids is 1. The number of hydrogen-bond donors (Lipinski definition) is 1. The molecule has 7 heteroatoms. The Labute approximate surface area is 151 Å². The fourth-order valence-electron chi connectivity index (χ4n) is 3.05. The van der Waals surface area contributed by atoms with Gasteiger partial charge in [0.2, 0.25) is 5.75 Å². The van der Waals surface area contributed by atoms with Gasteiger partial charge in [0.15, 0.2) is 17.3 Å². The number of ether oxygens (including phenoxy) is 5. The first-order chi connectivity index (χ1) is 12.5. The maximum Gasteiger partial charge on any atom is 0.204 e. The van der Waals surface area contributed by atoms with E-state index in [9.17, 15) is 9.90 Å². The Balaban J connectivity index is 2.13. The van der Waals surface area contributed by atoms with Crippen LogP contribution in [0.3, 0.4) is 0 Å². The van der Waals surface area contributed by atoms with Gasteiger partial charge in [0.25, 0.3) is 0 Å². The number of carbonyl (C=O) groups is 1. The zero-order valence-corrected chi connectivity index (χ0v) is 15.0. The summed E-state index contributed by atoms with van der Waals surface area (Å²) in [6, 6.07) is 6.60. The molecule has 1 aliphatic heterocycles. The van der Waals surface area contributed by atoms with Gasteiger partial charge in [-0.05, 0) is 18.2 Å². The zero-order chi connectivity index (χ0) is 18.8. The lowest BCUT2D eigenvalue weighted by atomic mass is 9.94. The Morgan fingerprint density at radius 1 is 1.00 bits per heavy atom. The first-order valence-corrected chi connectivity index (χ1v) is 7.93. The number of methoxy groups -OCH3 is 4. The second-order valence-corrected chi connectivity index (χ2v) is 5.68. The normalized spacial score (nSPS) is 15.7. The van der Waals surface area contributed by atoms with Gasteiger partial charge >= 0.3 is 0 Å². The van der Waals surface area contributed by atoms with Gasteiger partial charge in [0.05, 0.1) is 34.9 Å². The van der Waals surface area contributed by atoms with Gasteiger partial charge in [-0.3, -0.25) is 4.79 Å². The van der Waals surface area contributed by atoms with Gasteiger partial charge in [-0.2, -0.15) is 0 Å². The van der Waals surface area contributed by atoms with Gasteiger partial charge in [0.1, 0.15) is 28.9 Å². The molecule has 7 nitrogen and oxygen atoms in total. The molecule has 0 saturated heterocycles. The molecule has 0 saturated carbocycles. The van der Waals surface area contributed by atoms with Gasteiger partial charge in [-0.25, -0.2) is 0 Å². The monoisotopic (exact) mass is 360 g/mol. The van der Waals surface area contributed by atoms with Crippen LogP contribution >= 0.6 is 0 Å². The summed E-state index contributed by atoms with van der Waals surface area (Å²) >= 11 is 0. The van der Waals surface area contributed by atoms with Crippen molar-refractivity contribution in [3.8, 4) is 34.5 Å². The molecular formula is C19H20O7. The molecule has 1 atom stereocenters. The van der Waals surface area contributed by atoms with Crippen LogP contribution in [0.1, 0.15) is 28.4 Å². The third-order valence-electron chi connectivity index (χ3n) is 4.30. The number of rotatable bonds is 5. The molecule has 1 N–H and O–H groups in total. The van der Waals surface area contributed by atoms with E-state index in [0.717, 1.165) is 0 Å². The topological polar surface area (TPSA) is 83.5 Å². The molecule has 138 valence electrons. The molecule has 0 aromatic heterocycles. The first-order valence-electron chi connectivity index (χ1n) is 7.93. The van der Waals surface area contributed by atoms with Gasteiger partial charge in [-0.15, -0.1) is 0 Å². The number of benzene rings is 2. The highest BCUT2D eigenvalue weighted by atomic mass is 16.5. The number of hydrogen-bond acceptors (Lipinski definition) is 7. The Bertz CT molecular complexity index is 844. The van der Waals surface area contributed by atoms with Crippen LogP contribution in [0.15, 0.2) is 24.3 Å². The molecule has 0 spiro atoms. The van der Waals surface area contributed by atoms with Crippen LogP contribution in [0.5, 0.6) is 34.5 Å². The molecule has 0 bridgehead atoms. The maximum atomic E-state index is 12.7. The van der Waals surface area contributed by atoms with Crippen molar-refractivity contribution in [2.45, 2.75) is 12.5 Å². The van der Waals surface area contributed by atoms with Crippen molar-refractivity contribution in [2.75, 3.05) is 28.4 Å². The van der Waals surface area contributed by atoms with Crippen LogP contribution in [-0.2, 0) is 0 Å². The van der Waals surface area contributed by atoms with Crippen molar-refractivity contribution < 1.29 is 33.6 Å². The minimum absolute atomic E-state index is 0.0412. The van der Waals surface area contributed by atoms with E-state index >= 15 is 0 Å². The summed E-state index contributed by atoms with van der Waals surface area (Å²) in [6.45, 7) is 0. The molecular weight excluding hydrogens is 340 g/mol. The predicted molar refractivity (Wildman–Crippen MR) is 93.1 cm³/mol. The van der Waals surface area contributed by atoms with E-state index in [1.54, 1.807) is 32.4 Å². The molecule has 1 aliphatic rings. The lowest BCUT2D eigenvalue weighted by Gasteiger charge is -2.29. The number of fused-ring (bicyclic) bond motifs is 1. The summed E-state index contributed by atoms with van der Waals surface area (Å²) in [4.78, 5) is 12.7. The lowest BCUT2D eigenvalue weighted by molar-refractivity contribution is 0.0832. The van der Waals surface area contributed by atoms with E-state index in [2.05, 4.69) is 0 Å². The maximum absolute atomic E-state index is 12.7. The van der Waals surface area contributed by atoms with Crippen LogP contribution in [0.25, 0.3) is 0 Å². The summed E-state index contributed by atoms with van der Waals surface area (Å²) in [6.07, 6.45) is -0.583. The smallest absolute Gasteiger partial charge is 0.204 e. The fraction of sp³-hybridized carbons (Fsp3) is 0.316. The zero-order valence-electron chi connectivity index (χ0n) is 15.0. The Morgan fingerprint density at radius 2 is 1.73 bits per heavy atom. The third kappa shape index (κ3) is 2.85. The van der Waals surface area contributed by atoms with E-state index < -0.39 is 6.10 Å². The summed E-state index contributed by atoms with van der Waals surface area (Å²) in [7, 11) is 5.98. The number of ketones is 1. The van der Waals surface area contributed by atoms with E-state index in [0.29, 0.717) is 17.1 Å². The second kappa shape index (κ2) is 7.03. The highest BCUT2D eigenvalue weighted by Crippen LogP contribution is 2.50. The SMILES string of the molecule is COc1ccc(OC)c([C@@H]2CC(=O)c3c(O)cc(OC)c(OC)c3O2)c1. The van der Waals surface area contributed by atoms with Crippen molar-refractivity contribution in [1.29, 1.82) is 0 Å². The summed E-state index contributed by atoms with van der Waals surface area (Å²) in [5.74, 6) is 1.38. The number of phenolic OH excluding ortho intramolecular Hbond substituents is 1. The Kier molecular flexibility index (Phi) is 4.79. The molecule has 1 heterocycles. The molecule has 2 aromatic rings. The average Bonchev–Trinajstić information content (AvgIpc) is 2.66. The minimum atomic E-state index is -0.625. The molecule has 2 aromatic carbocycles. The predicted octanol–water partition coefficient (Wildman–Crippen LogP) is 3.13. The van der Waals surface area contributed by atoms with Gasteiger partial charge in [-0.1, -0.05) is 0 Å². The van der Waals surface area contributed by atoms with Crippen molar-refractivity contribution in [3.05, 3.63) is 35.4 Å². The fourth-order valence-corrected chi connectivity index (χ4v) is 3.05. The molecule has 0 amide bonds. The van der Waals surface area contributed by atoms with Crippen LogP contribution < -0.4 is 23.7 Å². The number of phenols is 1. The minimum Gasteiger partial charge on any atom is -0.507 e. The van der Waals surface area contributed by atoms with Gasteiger partial charge < -0.3 is 28.8 Å². The summed E-state index contributed by atoms with van der Waals surface area (Å²) in [5.41, 5.74) is 0.746. The standard InChI is InChI=1S/C19H20O7/c1-22-10-5-6-14(23-2)11(7-10)15-8-12(20)17-13(21)9-16(24-3)18(25-4)19(17)26-15/h5-7,9,15,21H,8H2,1-4H3/t15-/m0/s1. The van der Waals surface area contributed by atoms with Gasteiger partial charge in [0, 0.05) is 11.6 Å².